The van der Waals surface area contributed by atoms with Crippen molar-refractivity contribution in [3.05, 3.63) is 24.4 Å². The van der Waals surface area contributed by atoms with Crippen LogP contribution < -0.4 is 5.32 Å². The number of imide groups is 1. The van der Waals surface area contributed by atoms with Gasteiger partial charge in [0.25, 0.3) is 5.24 Å². The minimum atomic E-state index is -0.378. The van der Waals surface area contributed by atoms with Gasteiger partial charge in [-0.2, -0.15) is 0 Å². The third kappa shape index (κ3) is 3.54. The molecule has 0 radical (unpaired) electrons. The van der Waals surface area contributed by atoms with Gasteiger partial charge in [-0.25, -0.2) is 0 Å². The van der Waals surface area contributed by atoms with Gasteiger partial charge in [0.1, 0.15) is 0 Å². The predicted octanol–water partition coefficient (Wildman–Crippen LogP) is 1.02. The number of carbonyl (C=O) groups excluding carboxylic acids is 3. The van der Waals surface area contributed by atoms with Crippen molar-refractivity contribution in [1.29, 1.82) is 0 Å². The fraction of sp³-hybridized carbons (Fsp3) is 0.357. The van der Waals surface area contributed by atoms with E-state index >= 15 is 0 Å². The van der Waals surface area contributed by atoms with Crippen molar-refractivity contribution in [3.63, 3.8) is 0 Å². The Kier molecular flexibility index (Phi) is 5.05. The molecule has 10 heteroatoms. The Morgan fingerprint density at radius 2 is 2.25 bits per heavy atom. The van der Waals surface area contributed by atoms with Crippen LogP contribution >= 0.6 is 23.5 Å². The molecule has 0 aromatic carbocycles. The summed E-state index contributed by atoms with van der Waals surface area (Å²) in [6.07, 6.45) is 1.84. The molecule has 0 spiro atoms. The first-order valence-corrected chi connectivity index (χ1v) is 9.14. The largest absolute Gasteiger partial charge is 0.353 e. The van der Waals surface area contributed by atoms with Crippen molar-refractivity contribution in [2.75, 3.05) is 18.8 Å². The number of amides is 3. The van der Waals surface area contributed by atoms with Crippen molar-refractivity contribution in [2.45, 2.75) is 17.3 Å². The van der Waals surface area contributed by atoms with Gasteiger partial charge >= 0.3 is 0 Å². The van der Waals surface area contributed by atoms with Crippen LogP contribution in [-0.4, -0.2) is 60.6 Å². The molecule has 1 atom stereocenters. The summed E-state index contributed by atoms with van der Waals surface area (Å²) in [4.78, 5) is 36.3. The number of pyridine rings is 1. The summed E-state index contributed by atoms with van der Waals surface area (Å²) in [5.41, 5.74) is 0.719. The second kappa shape index (κ2) is 7.22. The molecule has 1 aliphatic heterocycles. The molecule has 1 fully saturated rings. The van der Waals surface area contributed by atoms with E-state index in [9.17, 15) is 14.4 Å². The van der Waals surface area contributed by atoms with E-state index in [0.29, 0.717) is 5.16 Å². The lowest BCUT2D eigenvalue weighted by molar-refractivity contribution is -0.125. The van der Waals surface area contributed by atoms with E-state index in [1.165, 1.54) is 11.8 Å². The highest BCUT2D eigenvalue weighted by atomic mass is 32.2. The zero-order valence-electron chi connectivity index (χ0n) is 12.8. The molecule has 3 rings (SSSR count). The number of hydrogen-bond donors (Lipinski definition) is 1. The van der Waals surface area contributed by atoms with E-state index < -0.39 is 0 Å². The Balaban J connectivity index is 1.51. The van der Waals surface area contributed by atoms with Crippen LogP contribution in [0.15, 0.2) is 29.6 Å². The third-order valence-electron chi connectivity index (χ3n) is 3.41. The van der Waals surface area contributed by atoms with Gasteiger partial charge in [-0.3, -0.25) is 23.7 Å². The molecule has 0 aliphatic carbocycles. The number of nitrogens with zero attached hydrogens (tertiary/aromatic N) is 4. The van der Waals surface area contributed by atoms with Crippen molar-refractivity contribution in [1.82, 2.24) is 24.8 Å². The zero-order valence-corrected chi connectivity index (χ0v) is 14.5. The van der Waals surface area contributed by atoms with Crippen LogP contribution in [0.25, 0.3) is 5.65 Å². The van der Waals surface area contributed by atoms with E-state index in [0.717, 1.165) is 22.3 Å². The van der Waals surface area contributed by atoms with Crippen LogP contribution in [0.4, 0.5) is 4.79 Å². The summed E-state index contributed by atoms with van der Waals surface area (Å²) in [5, 5.41) is 10.9. The Hall–Kier alpha value is -2.07. The summed E-state index contributed by atoms with van der Waals surface area (Å²) in [6, 6.07) is 5.57. The molecular weight excluding hydrogens is 350 g/mol. The van der Waals surface area contributed by atoms with Crippen molar-refractivity contribution in [3.8, 4) is 0 Å². The van der Waals surface area contributed by atoms with E-state index in [-0.39, 0.29) is 41.1 Å². The van der Waals surface area contributed by atoms with E-state index in [4.69, 9.17) is 0 Å². The Morgan fingerprint density at radius 3 is 3.00 bits per heavy atom. The number of aromatic nitrogens is 3. The maximum absolute atomic E-state index is 12.2. The van der Waals surface area contributed by atoms with Crippen molar-refractivity contribution >= 4 is 46.2 Å². The first kappa shape index (κ1) is 16.8. The van der Waals surface area contributed by atoms with Gasteiger partial charge in [-0.1, -0.05) is 29.6 Å². The predicted molar refractivity (Wildman–Crippen MR) is 90.9 cm³/mol. The summed E-state index contributed by atoms with van der Waals surface area (Å²) in [6.45, 7) is 2.20. The molecule has 3 heterocycles. The second-order valence-corrected chi connectivity index (χ2v) is 7.30. The Bertz CT molecular complexity index is 778. The first-order chi connectivity index (χ1) is 11.6. The molecule has 0 saturated carbocycles. The van der Waals surface area contributed by atoms with Crippen LogP contribution in [0, 0.1) is 0 Å². The molecular formula is C14H15N5O3S2. The zero-order chi connectivity index (χ0) is 17.1. The van der Waals surface area contributed by atoms with E-state index in [2.05, 4.69) is 15.5 Å². The van der Waals surface area contributed by atoms with Crippen LogP contribution in [0.5, 0.6) is 0 Å². The summed E-state index contributed by atoms with van der Waals surface area (Å²) >= 11 is 2.28. The van der Waals surface area contributed by atoms with Crippen molar-refractivity contribution < 1.29 is 14.4 Å². The highest BCUT2D eigenvalue weighted by Crippen LogP contribution is 2.22. The molecule has 24 heavy (non-hydrogen) atoms. The minimum absolute atomic E-state index is 0.180. The van der Waals surface area contributed by atoms with E-state index in [1.54, 1.807) is 6.92 Å². The van der Waals surface area contributed by atoms with Crippen LogP contribution in [0.2, 0.25) is 0 Å². The van der Waals surface area contributed by atoms with Gasteiger partial charge in [-0.05, 0) is 19.1 Å². The molecule has 1 aliphatic rings. The quantitative estimate of drug-likeness (QED) is 0.764. The van der Waals surface area contributed by atoms with Crippen LogP contribution in [0.3, 0.4) is 0 Å². The fourth-order valence-electron chi connectivity index (χ4n) is 2.14. The van der Waals surface area contributed by atoms with Crippen LogP contribution in [-0.2, 0) is 9.59 Å². The lowest BCUT2D eigenvalue weighted by atomic mass is 10.4. The average Bonchev–Trinajstić information content (AvgIpc) is 3.12. The summed E-state index contributed by atoms with van der Waals surface area (Å²) in [5.74, 6) is -0.213. The topological polar surface area (TPSA) is 96.7 Å². The highest BCUT2D eigenvalue weighted by Gasteiger charge is 2.29. The number of hydrogen-bond acceptors (Lipinski definition) is 7. The SMILES string of the molecule is C[C@H](Sc1nnc2ccccn12)C(=O)NCCN1C(=O)CSC1=O. The number of nitrogens with one attached hydrogen (secondary N) is 1. The first-order valence-electron chi connectivity index (χ1n) is 7.27. The molecule has 3 amide bonds. The lowest BCUT2D eigenvalue weighted by Crippen LogP contribution is -2.39. The number of rotatable bonds is 6. The third-order valence-corrected chi connectivity index (χ3v) is 5.32. The Morgan fingerprint density at radius 1 is 1.42 bits per heavy atom. The molecule has 2 aromatic heterocycles. The molecule has 126 valence electrons. The Labute approximate surface area is 146 Å². The van der Waals surface area contributed by atoms with Crippen molar-refractivity contribution in [2.24, 2.45) is 0 Å². The molecule has 1 saturated heterocycles. The molecule has 0 unspecified atom stereocenters. The van der Waals surface area contributed by atoms with Crippen LogP contribution in [0.1, 0.15) is 6.92 Å². The fourth-order valence-corrected chi connectivity index (χ4v) is 3.76. The number of fused-ring (bicyclic) bond motifs is 1. The maximum Gasteiger partial charge on any atom is 0.288 e. The monoisotopic (exact) mass is 365 g/mol. The smallest absolute Gasteiger partial charge is 0.288 e. The molecule has 2 aromatic rings. The number of thioether (sulfide) groups is 2. The minimum Gasteiger partial charge on any atom is -0.353 e. The summed E-state index contributed by atoms with van der Waals surface area (Å²) < 4.78 is 1.81. The maximum atomic E-state index is 12.2. The highest BCUT2D eigenvalue weighted by molar-refractivity contribution is 8.14. The molecule has 1 N–H and O–H groups in total. The number of carbonyl (C=O) groups is 3. The molecule has 8 nitrogen and oxygen atoms in total. The van der Waals surface area contributed by atoms with Gasteiger partial charge in [0.15, 0.2) is 10.8 Å². The van der Waals surface area contributed by atoms with E-state index in [1.807, 2.05) is 28.8 Å². The van der Waals surface area contributed by atoms with Gasteiger partial charge < -0.3 is 5.32 Å². The van der Waals surface area contributed by atoms with Gasteiger partial charge in [0, 0.05) is 19.3 Å². The average molecular weight is 365 g/mol. The van der Waals surface area contributed by atoms with Gasteiger partial charge in [0.2, 0.25) is 11.8 Å². The second-order valence-electron chi connectivity index (χ2n) is 5.06. The normalized spacial score (nSPS) is 16.0. The summed E-state index contributed by atoms with van der Waals surface area (Å²) in [7, 11) is 0. The molecule has 0 bridgehead atoms. The standard InChI is InChI=1S/C14H15N5O3S2/c1-9(24-13-17-16-10-4-2-3-6-18(10)13)12(21)15-5-7-19-11(20)8-23-14(19)22/h2-4,6,9H,5,7-8H2,1H3,(H,15,21)/t9-/m0/s1. The lowest BCUT2D eigenvalue weighted by Gasteiger charge is -2.15. The van der Waals surface area contributed by atoms with Gasteiger partial charge in [-0.15, -0.1) is 10.2 Å². The van der Waals surface area contributed by atoms with Gasteiger partial charge in [0.05, 0.1) is 11.0 Å².